The second-order valence-corrected chi connectivity index (χ2v) is 22.6. The van der Waals surface area contributed by atoms with E-state index in [-0.39, 0.29) is 41.5 Å². The van der Waals surface area contributed by atoms with Crippen LogP contribution in [0.15, 0.2) is 12.2 Å². The van der Waals surface area contributed by atoms with E-state index in [1.165, 1.54) is 0 Å². The molecule has 2 aliphatic heterocycles. The van der Waals surface area contributed by atoms with Gasteiger partial charge in [0.05, 0.1) is 11.3 Å². The summed E-state index contributed by atoms with van der Waals surface area (Å²) >= 11 is 0. The van der Waals surface area contributed by atoms with Gasteiger partial charge in [-0.2, -0.15) is 0 Å². The Morgan fingerprint density at radius 3 is 2.02 bits per heavy atom. The lowest BCUT2D eigenvalue weighted by atomic mass is 9.73. The summed E-state index contributed by atoms with van der Waals surface area (Å²) in [5.74, 6) is -2.59. The number of hydrogen-bond donors (Lipinski definition) is 4. The zero-order chi connectivity index (χ0) is 42.0. The minimum atomic E-state index is -3.89. The van der Waals surface area contributed by atoms with Crippen LogP contribution in [0, 0.1) is 27.1 Å². The number of likely N-dealkylation sites (tertiary alicyclic amines) is 2. The van der Waals surface area contributed by atoms with Crippen molar-refractivity contribution in [2.24, 2.45) is 27.1 Å². The lowest BCUT2D eigenvalue weighted by Gasteiger charge is -2.40. The molecule has 57 heavy (non-hydrogen) atoms. The van der Waals surface area contributed by atoms with E-state index in [4.69, 9.17) is 0 Å². The van der Waals surface area contributed by atoms with Crippen molar-refractivity contribution in [1.29, 1.82) is 0 Å². The maximum absolute atomic E-state index is 15.2. The van der Waals surface area contributed by atoms with Gasteiger partial charge in [-0.25, -0.2) is 12.8 Å². The molecule has 0 bridgehead atoms. The normalized spacial score (nSPS) is 30.6. The van der Waals surface area contributed by atoms with Crippen LogP contribution in [0.4, 0.5) is 4.39 Å². The highest BCUT2D eigenvalue weighted by Crippen LogP contribution is 2.88. The lowest BCUT2D eigenvalue weighted by Crippen LogP contribution is -2.65. The van der Waals surface area contributed by atoms with Crippen LogP contribution in [0.5, 0.6) is 0 Å². The highest BCUT2D eigenvalue weighted by Gasteiger charge is 2.85. The molecule has 0 radical (unpaired) electrons. The van der Waals surface area contributed by atoms with Gasteiger partial charge in [0, 0.05) is 18.5 Å². The van der Waals surface area contributed by atoms with Crippen LogP contribution in [-0.2, 0) is 34.0 Å². The average Bonchev–Trinajstić information content (AvgIpc) is 3.97. The molecule has 6 atom stereocenters. The van der Waals surface area contributed by atoms with Crippen LogP contribution in [0.1, 0.15) is 132 Å². The number of rotatable bonds is 12. The Kier molecular flexibility index (Phi) is 11.6. The van der Waals surface area contributed by atoms with Gasteiger partial charge in [-0.05, 0) is 92.4 Å². The number of halogens is 1. The average molecular weight is 819 g/mol. The molecule has 2 spiro atoms. The number of nitrogens with zero attached hydrogens (tertiary/aromatic N) is 2. The minimum absolute atomic E-state index is 0.0359. The van der Waals surface area contributed by atoms with Gasteiger partial charge < -0.3 is 20.9 Å². The Morgan fingerprint density at radius 1 is 0.825 bits per heavy atom. The van der Waals surface area contributed by atoms with Gasteiger partial charge in [0.25, 0.3) is 5.91 Å². The Hall–Kier alpha value is -3.07. The molecule has 0 aromatic rings. The quantitative estimate of drug-likeness (QED) is 0.215. The molecule has 0 aromatic carbocycles. The summed E-state index contributed by atoms with van der Waals surface area (Å²) in [6, 6.07) is -3.65. The fourth-order valence-electron chi connectivity index (χ4n) is 10.9. The first-order valence-corrected chi connectivity index (χ1v) is 22.8. The van der Waals surface area contributed by atoms with Gasteiger partial charge in [-0.3, -0.25) is 33.6 Å². The van der Waals surface area contributed by atoms with E-state index >= 15 is 4.79 Å². The maximum atomic E-state index is 15.2. The summed E-state index contributed by atoms with van der Waals surface area (Å²) in [6.07, 6.45) is 11.1. The van der Waals surface area contributed by atoms with Crippen LogP contribution in [0.25, 0.3) is 0 Å². The molecule has 0 aromatic heterocycles. The number of carbonyl (C=O) groups is 5. The van der Waals surface area contributed by atoms with Crippen molar-refractivity contribution in [1.82, 2.24) is 30.5 Å². The third-order valence-electron chi connectivity index (χ3n) is 14.9. The molecule has 3 saturated carbocycles. The van der Waals surface area contributed by atoms with Gasteiger partial charge in [-0.15, -0.1) is 0 Å². The first-order chi connectivity index (χ1) is 26.5. The molecular weight excluding hydrogens is 752 g/mol. The molecule has 4 aliphatic carbocycles. The van der Waals surface area contributed by atoms with Gasteiger partial charge in [0.2, 0.25) is 33.7 Å². The monoisotopic (exact) mass is 818 g/mol. The molecule has 5 fully saturated rings. The molecule has 2 saturated heterocycles. The number of nitrogens with one attached hydrogen (secondary N) is 4. The Morgan fingerprint density at radius 2 is 1.49 bits per heavy atom. The largest absolute Gasteiger partial charge is 0.342 e. The molecule has 13 nitrogen and oxygen atoms in total. The Balaban J connectivity index is 1.28. The molecule has 4 N–H and O–H groups in total. The summed E-state index contributed by atoms with van der Waals surface area (Å²) in [7, 11) is -3.89. The smallest absolute Gasteiger partial charge is 0.259 e. The van der Waals surface area contributed by atoms with E-state index in [1.807, 2.05) is 52.5 Å². The fraction of sp³-hybridized carbons (Fsp3) is 0.833. The van der Waals surface area contributed by atoms with Crippen molar-refractivity contribution in [2.75, 3.05) is 26.3 Å². The predicted octanol–water partition coefficient (Wildman–Crippen LogP) is 3.87. The fourth-order valence-corrected chi connectivity index (χ4v) is 12.3. The lowest BCUT2D eigenvalue weighted by molar-refractivity contribution is -0.146. The van der Waals surface area contributed by atoms with Gasteiger partial charge >= 0.3 is 0 Å². The molecule has 320 valence electrons. The van der Waals surface area contributed by atoms with E-state index in [2.05, 4.69) is 34.5 Å². The van der Waals surface area contributed by atoms with Gasteiger partial charge in [0.1, 0.15) is 30.3 Å². The van der Waals surface area contributed by atoms with Crippen molar-refractivity contribution < 1.29 is 36.8 Å². The summed E-state index contributed by atoms with van der Waals surface area (Å²) in [5, 5.41) is 8.36. The number of carbonyl (C=O) groups excluding carboxylic acids is 5. The van der Waals surface area contributed by atoms with Crippen molar-refractivity contribution in [3.8, 4) is 0 Å². The van der Waals surface area contributed by atoms with E-state index in [0.717, 1.165) is 32.1 Å². The molecule has 6 aliphatic rings. The molecule has 1 unspecified atom stereocenters. The zero-order valence-corrected chi connectivity index (χ0v) is 36.2. The van der Waals surface area contributed by atoms with Crippen LogP contribution < -0.4 is 20.7 Å². The SMILES string of the molecule is CC(C)(C)[C@H](NC(=O)C1CCCCN1CCF)C(=O)N[C@H](C(=O)N1C[C@]2(C[C@H]1C(=O)N[C@]1(C(=O)NS(=O)(=O)C3CC3)CC=CCC1)C(C)(C)C21CCC1)C(C)(C)C. The van der Waals surface area contributed by atoms with Crippen molar-refractivity contribution >= 4 is 39.6 Å². The van der Waals surface area contributed by atoms with E-state index < -0.39 is 86.1 Å². The van der Waals surface area contributed by atoms with E-state index in [0.29, 0.717) is 45.2 Å². The third kappa shape index (κ3) is 7.77. The van der Waals surface area contributed by atoms with Gasteiger partial charge in [0.15, 0.2) is 0 Å². The number of fused-ring (bicyclic) bond motifs is 1. The summed E-state index contributed by atoms with van der Waals surface area (Å²) < 4.78 is 41.5. The number of allylic oxidation sites excluding steroid dienone is 1. The highest BCUT2D eigenvalue weighted by molar-refractivity contribution is 7.91. The summed E-state index contributed by atoms with van der Waals surface area (Å²) in [6.45, 7) is 15.9. The topological polar surface area (TPSA) is 174 Å². The summed E-state index contributed by atoms with van der Waals surface area (Å²) in [4.78, 5) is 75.3. The zero-order valence-electron chi connectivity index (χ0n) is 35.4. The molecule has 15 heteroatoms. The molecule has 2 heterocycles. The number of sulfonamides is 1. The van der Waals surface area contributed by atoms with E-state index in [9.17, 15) is 32.0 Å². The first-order valence-electron chi connectivity index (χ1n) is 21.2. The maximum Gasteiger partial charge on any atom is 0.259 e. The van der Waals surface area contributed by atoms with Crippen molar-refractivity contribution in [3.63, 3.8) is 0 Å². The Labute approximate surface area is 338 Å². The van der Waals surface area contributed by atoms with Crippen LogP contribution >= 0.6 is 0 Å². The second-order valence-electron chi connectivity index (χ2n) is 20.6. The highest BCUT2D eigenvalue weighted by atomic mass is 32.2. The van der Waals surface area contributed by atoms with Crippen LogP contribution in [-0.4, -0.2) is 109 Å². The number of piperidine rings is 1. The Bertz CT molecular complexity index is 1760. The van der Waals surface area contributed by atoms with Gasteiger partial charge in [-0.1, -0.05) is 80.4 Å². The molecular formula is C42H67FN6O7S. The number of hydrogen-bond acceptors (Lipinski definition) is 8. The number of alkyl halides is 1. The first kappa shape index (κ1) is 43.5. The summed E-state index contributed by atoms with van der Waals surface area (Å²) in [5.41, 5.74) is -3.64. The second kappa shape index (κ2) is 15.2. The van der Waals surface area contributed by atoms with Crippen molar-refractivity contribution in [3.05, 3.63) is 12.2 Å². The molecule has 6 rings (SSSR count). The van der Waals surface area contributed by atoms with Crippen LogP contribution in [0.2, 0.25) is 0 Å². The third-order valence-corrected chi connectivity index (χ3v) is 16.7. The molecule has 5 amide bonds. The predicted molar refractivity (Wildman–Crippen MR) is 215 cm³/mol. The van der Waals surface area contributed by atoms with E-state index in [1.54, 1.807) is 11.0 Å². The minimum Gasteiger partial charge on any atom is -0.342 e. The van der Waals surface area contributed by atoms with Crippen LogP contribution in [0.3, 0.4) is 0 Å². The van der Waals surface area contributed by atoms with Crippen molar-refractivity contribution in [2.45, 2.75) is 167 Å². The standard InChI is InChI=1S/C42H67FN6O7S/c1-37(2,3)30(44-32(50)28-15-10-13-23-48(28)24-22-43)34(52)45-31(38(4,5)6)35(53)49-26-42(39(7,8)41(42)20-14-21-41)25-29(49)33(51)46-40(18-11-9-12-19-40)36(54)47-57(55,56)27-16-17-27/h9,11,27-31H,10,12-26H2,1-8H3,(H,44,50)(H,45,52)(H,46,51)(H,47,54)/t28?,29-,30+,31+,40+,42+/m0/s1. The number of amides is 5.